The molecule has 0 bridgehead atoms. The van der Waals surface area contributed by atoms with Crippen LogP contribution in [-0.4, -0.2) is 18.1 Å². The number of hydrogen-bond acceptors (Lipinski definition) is 2. The molecule has 1 N–H and O–H groups in total. The van der Waals surface area contributed by atoms with E-state index in [0.29, 0.717) is 0 Å². The lowest BCUT2D eigenvalue weighted by Crippen LogP contribution is -2.44. The number of nitriles is 1. The van der Waals surface area contributed by atoms with Crippen LogP contribution in [0.5, 0.6) is 0 Å². The summed E-state index contributed by atoms with van der Waals surface area (Å²) in [6.45, 7) is 4.61. The number of hydrogen-bond donors (Lipinski definition) is 1. The number of carbonyl (C=O) groups is 1. The van der Waals surface area contributed by atoms with Crippen LogP contribution in [0, 0.1) is 16.7 Å². The number of alkyl halides is 3. The fourth-order valence-corrected chi connectivity index (χ4v) is 1.54. The molecule has 3 nitrogen and oxygen atoms in total. The van der Waals surface area contributed by atoms with Gasteiger partial charge in [-0.25, -0.2) is 0 Å². The molecule has 98 valence electrons. The number of halogens is 3. The molecule has 0 aromatic heterocycles. The minimum absolute atomic E-state index is 0.282. The molecule has 0 rings (SSSR count). The van der Waals surface area contributed by atoms with Gasteiger partial charge in [0.25, 0.3) is 0 Å². The van der Waals surface area contributed by atoms with E-state index in [0.717, 1.165) is 0 Å². The third-order valence-electron chi connectivity index (χ3n) is 2.77. The molecule has 1 atom stereocenters. The van der Waals surface area contributed by atoms with Gasteiger partial charge in [-0.05, 0) is 19.8 Å². The Balaban J connectivity index is 4.59. The van der Waals surface area contributed by atoms with Gasteiger partial charge in [-0.1, -0.05) is 13.8 Å². The van der Waals surface area contributed by atoms with Crippen LogP contribution in [0.3, 0.4) is 0 Å². The Kier molecular flexibility index (Phi) is 5.46. The molecule has 0 aliphatic rings. The quantitative estimate of drug-likeness (QED) is 0.815. The Morgan fingerprint density at radius 2 is 1.82 bits per heavy atom. The number of nitrogens with zero attached hydrogens (tertiary/aromatic N) is 1. The van der Waals surface area contributed by atoms with Crippen LogP contribution in [0.15, 0.2) is 0 Å². The van der Waals surface area contributed by atoms with Crippen molar-refractivity contribution in [3.63, 3.8) is 0 Å². The maximum absolute atomic E-state index is 12.1. The summed E-state index contributed by atoms with van der Waals surface area (Å²) < 4.78 is 36.2. The maximum atomic E-state index is 12.1. The second kappa shape index (κ2) is 5.89. The van der Waals surface area contributed by atoms with Crippen molar-refractivity contribution in [1.82, 2.24) is 5.32 Å². The van der Waals surface area contributed by atoms with Crippen molar-refractivity contribution in [2.24, 2.45) is 5.41 Å². The Hall–Kier alpha value is -1.25. The van der Waals surface area contributed by atoms with Crippen molar-refractivity contribution in [3.8, 4) is 6.07 Å². The highest BCUT2D eigenvalue weighted by Crippen LogP contribution is 2.27. The molecule has 1 amide bonds. The lowest BCUT2D eigenvalue weighted by molar-refractivity contribution is -0.143. The van der Waals surface area contributed by atoms with Crippen molar-refractivity contribution >= 4 is 5.91 Å². The number of nitrogens with one attached hydrogen (secondary N) is 1. The summed E-state index contributed by atoms with van der Waals surface area (Å²) >= 11 is 0. The highest BCUT2D eigenvalue weighted by molar-refractivity contribution is 5.85. The lowest BCUT2D eigenvalue weighted by Gasteiger charge is -2.25. The molecular weight excluding hydrogens is 233 g/mol. The van der Waals surface area contributed by atoms with Crippen molar-refractivity contribution in [1.29, 1.82) is 5.26 Å². The molecule has 0 aromatic carbocycles. The zero-order valence-corrected chi connectivity index (χ0v) is 10.2. The van der Waals surface area contributed by atoms with Crippen LogP contribution >= 0.6 is 0 Å². The molecule has 0 spiro atoms. The normalized spacial score (nSPS) is 13.9. The highest BCUT2D eigenvalue weighted by atomic mass is 19.4. The molecule has 0 saturated heterocycles. The van der Waals surface area contributed by atoms with Crippen molar-refractivity contribution in [2.75, 3.05) is 0 Å². The summed E-state index contributed by atoms with van der Waals surface area (Å²) in [7, 11) is 0. The van der Waals surface area contributed by atoms with Crippen molar-refractivity contribution in [3.05, 3.63) is 0 Å². The Morgan fingerprint density at radius 1 is 1.35 bits per heavy atom. The van der Waals surface area contributed by atoms with E-state index in [1.54, 1.807) is 13.8 Å². The number of amides is 1. The van der Waals surface area contributed by atoms with Gasteiger partial charge in [-0.3, -0.25) is 4.79 Å². The fraction of sp³-hybridized carbons (Fsp3) is 0.818. The molecular formula is C11H17F3N2O. The van der Waals surface area contributed by atoms with Gasteiger partial charge in [0.15, 0.2) is 0 Å². The first kappa shape index (κ1) is 15.8. The fourth-order valence-electron chi connectivity index (χ4n) is 1.54. The number of carbonyl (C=O) groups excluding carboxylic acids is 1. The first-order chi connectivity index (χ1) is 7.70. The smallest absolute Gasteiger partial charge is 0.352 e. The van der Waals surface area contributed by atoms with Gasteiger partial charge in [0, 0.05) is 6.04 Å². The largest absolute Gasteiger partial charge is 0.391 e. The molecule has 0 heterocycles. The first-order valence-electron chi connectivity index (χ1n) is 5.49. The van der Waals surface area contributed by atoms with Gasteiger partial charge in [-0.2, -0.15) is 18.4 Å². The van der Waals surface area contributed by atoms with E-state index < -0.39 is 30.0 Å². The molecule has 6 heteroatoms. The van der Waals surface area contributed by atoms with Crippen LogP contribution < -0.4 is 5.32 Å². The topological polar surface area (TPSA) is 52.9 Å². The van der Waals surface area contributed by atoms with Gasteiger partial charge in [-0.15, -0.1) is 0 Å². The summed E-state index contributed by atoms with van der Waals surface area (Å²) in [6.07, 6.45) is -4.84. The van der Waals surface area contributed by atoms with Crippen LogP contribution in [0.2, 0.25) is 0 Å². The molecule has 0 aromatic rings. The van der Waals surface area contributed by atoms with E-state index >= 15 is 0 Å². The van der Waals surface area contributed by atoms with Crippen molar-refractivity contribution < 1.29 is 18.0 Å². The van der Waals surface area contributed by atoms with Crippen LogP contribution in [-0.2, 0) is 4.79 Å². The average Bonchev–Trinajstić information content (AvgIpc) is 2.18. The minimum atomic E-state index is -4.32. The van der Waals surface area contributed by atoms with E-state index in [9.17, 15) is 18.0 Å². The maximum Gasteiger partial charge on any atom is 0.391 e. The second-order valence-electron chi connectivity index (χ2n) is 4.09. The van der Waals surface area contributed by atoms with Gasteiger partial charge < -0.3 is 5.32 Å². The lowest BCUT2D eigenvalue weighted by atomic mass is 9.83. The molecule has 0 aliphatic carbocycles. The molecule has 0 fully saturated rings. The standard InChI is InChI=1S/C11H17F3N2O/c1-4-10(5-2,7-15)9(17)16-8(3)6-11(12,13)14/h8H,4-6H2,1-3H3,(H,16,17). The minimum Gasteiger partial charge on any atom is -0.352 e. The zero-order chi connectivity index (χ0) is 13.7. The van der Waals surface area contributed by atoms with Crippen LogP contribution in [0.4, 0.5) is 13.2 Å². The molecule has 1 unspecified atom stereocenters. The Bertz CT molecular complexity index is 303. The van der Waals surface area contributed by atoms with E-state index in [1.165, 1.54) is 6.92 Å². The van der Waals surface area contributed by atoms with Crippen molar-refractivity contribution in [2.45, 2.75) is 52.3 Å². The highest BCUT2D eigenvalue weighted by Gasteiger charge is 2.37. The van der Waals surface area contributed by atoms with Gasteiger partial charge in [0.1, 0.15) is 5.41 Å². The summed E-state index contributed by atoms with van der Waals surface area (Å²) in [5, 5.41) is 11.2. The number of rotatable bonds is 5. The predicted octanol–water partition coefficient (Wildman–Crippen LogP) is 2.77. The van der Waals surface area contributed by atoms with E-state index in [2.05, 4.69) is 5.32 Å². The van der Waals surface area contributed by atoms with Gasteiger partial charge in [0.2, 0.25) is 5.91 Å². The van der Waals surface area contributed by atoms with E-state index in [-0.39, 0.29) is 12.8 Å². The summed E-state index contributed by atoms with van der Waals surface area (Å²) in [4.78, 5) is 11.8. The molecule has 0 aliphatic heterocycles. The molecule has 0 radical (unpaired) electrons. The van der Waals surface area contributed by atoms with Gasteiger partial charge >= 0.3 is 6.18 Å². The third kappa shape index (κ3) is 4.63. The third-order valence-corrected chi connectivity index (χ3v) is 2.77. The average molecular weight is 250 g/mol. The SMILES string of the molecule is CCC(C#N)(CC)C(=O)NC(C)CC(F)(F)F. The van der Waals surface area contributed by atoms with E-state index in [4.69, 9.17) is 5.26 Å². The molecule has 0 saturated carbocycles. The summed E-state index contributed by atoms with van der Waals surface area (Å²) in [5.41, 5.74) is -1.22. The zero-order valence-electron chi connectivity index (χ0n) is 10.2. The second-order valence-corrected chi connectivity index (χ2v) is 4.09. The van der Waals surface area contributed by atoms with Gasteiger partial charge in [0.05, 0.1) is 12.5 Å². The summed E-state index contributed by atoms with van der Waals surface area (Å²) in [5.74, 6) is -0.623. The first-order valence-corrected chi connectivity index (χ1v) is 5.49. The van der Waals surface area contributed by atoms with Crippen LogP contribution in [0.25, 0.3) is 0 Å². The summed E-state index contributed by atoms with van der Waals surface area (Å²) in [6, 6.07) is 0.870. The predicted molar refractivity (Wildman–Crippen MR) is 56.9 cm³/mol. The monoisotopic (exact) mass is 250 g/mol. The van der Waals surface area contributed by atoms with Crippen LogP contribution in [0.1, 0.15) is 40.0 Å². The van der Waals surface area contributed by atoms with E-state index in [1.807, 2.05) is 6.07 Å². The Morgan fingerprint density at radius 3 is 2.12 bits per heavy atom. The Labute approximate surface area is 99.0 Å². The molecule has 17 heavy (non-hydrogen) atoms.